The fourth-order valence-electron chi connectivity index (χ4n) is 4.10. The molecule has 2 heterocycles. The van der Waals surface area contributed by atoms with E-state index in [1.807, 2.05) is 43.8 Å². The predicted molar refractivity (Wildman–Crippen MR) is 119 cm³/mol. The number of halogens is 3. The van der Waals surface area contributed by atoms with Crippen molar-refractivity contribution >= 4 is 22.5 Å². The number of anilines is 2. The number of aliphatic hydroxyl groups is 1. The number of alkyl halides is 3. The smallest absolute Gasteiger partial charge is 0.415 e. The van der Waals surface area contributed by atoms with Gasteiger partial charge in [-0.2, -0.15) is 18.3 Å². The average Bonchev–Trinajstić information content (AvgIpc) is 3.28. The molecule has 180 valence electrons. The molecule has 33 heavy (non-hydrogen) atoms. The zero-order valence-electron chi connectivity index (χ0n) is 18.9. The van der Waals surface area contributed by atoms with E-state index in [2.05, 4.69) is 20.7 Å². The second-order valence-electron chi connectivity index (χ2n) is 8.67. The Balaban J connectivity index is 1.41. The fraction of sp³-hybridized carbons (Fsp3) is 0.545. The quantitative estimate of drug-likeness (QED) is 0.494. The number of aryl methyl sites for hydroxylation is 3. The molecule has 1 aliphatic carbocycles. The summed E-state index contributed by atoms with van der Waals surface area (Å²) >= 11 is 0. The summed E-state index contributed by atoms with van der Waals surface area (Å²) < 4.78 is 47.4. The third-order valence-electron chi connectivity index (χ3n) is 6.13. The monoisotopic (exact) mass is 466 g/mol. The summed E-state index contributed by atoms with van der Waals surface area (Å²) in [4.78, 5) is 4.49. The Labute approximate surface area is 189 Å². The fourth-order valence-corrected chi connectivity index (χ4v) is 4.10. The Hall–Kier alpha value is -2.79. The number of imidazole rings is 1. The lowest BCUT2D eigenvalue weighted by Crippen LogP contribution is -2.44. The average molecular weight is 467 g/mol. The lowest BCUT2D eigenvalue weighted by molar-refractivity contribution is -0.202. The van der Waals surface area contributed by atoms with Crippen LogP contribution in [0.5, 0.6) is 5.75 Å². The van der Waals surface area contributed by atoms with Gasteiger partial charge < -0.3 is 25.0 Å². The van der Waals surface area contributed by atoms with Gasteiger partial charge in [0.05, 0.1) is 23.6 Å². The largest absolute Gasteiger partial charge is 0.490 e. The highest BCUT2D eigenvalue weighted by molar-refractivity contribution is 5.91. The van der Waals surface area contributed by atoms with E-state index in [1.165, 1.54) is 0 Å². The number of fused-ring (bicyclic) bond motifs is 1. The van der Waals surface area contributed by atoms with Gasteiger partial charge in [-0.1, -0.05) is 0 Å². The van der Waals surface area contributed by atoms with Gasteiger partial charge in [0.25, 0.3) is 0 Å². The summed E-state index contributed by atoms with van der Waals surface area (Å²) in [6.07, 6.45) is -2.44. The van der Waals surface area contributed by atoms with Crippen molar-refractivity contribution in [2.75, 3.05) is 11.9 Å². The van der Waals surface area contributed by atoms with Crippen molar-refractivity contribution in [2.45, 2.75) is 57.0 Å². The number of nitrogens with zero attached hydrogens (tertiary/aromatic N) is 4. The molecule has 8 nitrogen and oxygen atoms in total. The molecule has 0 bridgehead atoms. The Morgan fingerprint density at radius 1 is 1.18 bits per heavy atom. The molecule has 0 unspecified atom stereocenters. The van der Waals surface area contributed by atoms with Gasteiger partial charge in [0.1, 0.15) is 11.3 Å². The minimum atomic E-state index is -4.60. The van der Waals surface area contributed by atoms with Gasteiger partial charge in [-0.15, -0.1) is 0 Å². The maximum atomic E-state index is 12.5. The van der Waals surface area contributed by atoms with Crippen molar-refractivity contribution < 1.29 is 23.0 Å². The Morgan fingerprint density at radius 2 is 1.91 bits per heavy atom. The third-order valence-corrected chi connectivity index (χ3v) is 6.13. The van der Waals surface area contributed by atoms with E-state index in [1.54, 1.807) is 11.0 Å². The molecule has 2 aromatic heterocycles. The van der Waals surface area contributed by atoms with Crippen molar-refractivity contribution in [3.05, 3.63) is 30.2 Å². The van der Waals surface area contributed by atoms with E-state index >= 15 is 0 Å². The molecule has 1 fully saturated rings. The Bertz CT molecular complexity index is 1080. The molecular formula is C22H29F3N6O2. The van der Waals surface area contributed by atoms with Crippen LogP contribution in [0.2, 0.25) is 0 Å². The van der Waals surface area contributed by atoms with Crippen molar-refractivity contribution in [3.63, 3.8) is 0 Å². The minimum absolute atomic E-state index is 0.0359. The maximum absolute atomic E-state index is 12.5. The van der Waals surface area contributed by atoms with Crippen LogP contribution in [-0.4, -0.2) is 55.4 Å². The normalized spacial score (nSPS) is 20.2. The summed E-state index contributed by atoms with van der Waals surface area (Å²) in [5.41, 5.74) is 3.54. The van der Waals surface area contributed by atoms with Crippen LogP contribution >= 0.6 is 0 Å². The van der Waals surface area contributed by atoms with Gasteiger partial charge >= 0.3 is 6.18 Å². The summed E-state index contributed by atoms with van der Waals surface area (Å²) in [5.74, 6) is 1.41. The van der Waals surface area contributed by atoms with Crippen molar-refractivity contribution in [3.8, 4) is 5.75 Å². The number of ether oxygens (including phenoxy) is 1. The van der Waals surface area contributed by atoms with Crippen LogP contribution in [0.15, 0.2) is 24.5 Å². The van der Waals surface area contributed by atoms with Gasteiger partial charge in [-0.05, 0) is 32.6 Å². The van der Waals surface area contributed by atoms with E-state index in [9.17, 15) is 18.3 Å². The summed E-state index contributed by atoms with van der Waals surface area (Å²) in [6, 6.07) is 5.74. The summed E-state index contributed by atoms with van der Waals surface area (Å²) in [5, 5.41) is 19.8. The van der Waals surface area contributed by atoms with Gasteiger partial charge in [0.15, 0.2) is 11.9 Å². The number of hydrogen-bond acceptors (Lipinski definition) is 6. The highest BCUT2D eigenvalue weighted by atomic mass is 19.4. The lowest BCUT2D eigenvalue weighted by Gasteiger charge is -2.30. The number of benzene rings is 1. The van der Waals surface area contributed by atoms with Crippen LogP contribution in [0, 0.1) is 6.92 Å². The van der Waals surface area contributed by atoms with Gasteiger partial charge in [-0.3, -0.25) is 4.68 Å². The molecule has 11 heteroatoms. The van der Waals surface area contributed by atoms with E-state index in [0.717, 1.165) is 22.4 Å². The Kier molecular flexibility index (Phi) is 6.53. The molecule has 1 aliphatic rings. The molecule has 1 atom stereocenters. The molecule has 4 rings (SSSR count). The molecule has 1 saturated carbocycles. The number of rotatable bonds is 7. The first-order valence-electron chi connectivity index (χ1n) is 11.0. The van der Waals surface area contributed by atoms with Crippen molar-refractivity contribution in [1.29, 1.82) is 0 Å². The van der Waals surface area contributed by atoms with E-state index in [4.69, 9.17) is 4.74 Å². The van der Waals surface area contributed by atoms with Crippen LogP contribution in [0.3, 0.4) is 0 Å². The molecule has 3 aromatic rings. The predicted octanol–water partition coefficient (Wildman–Crippen LogP) is 3.56. The molecule has 0 aliphatic heterocycles. The first-order chi connectivity index (χ1) is 15.6. The maximum Gasteiger partial charge on any atom is 0.415 e. The highest BCUT2D eigenvalue weighted by Gasteiger charge is 2.38. The zero-order chi connectivity index (χ0) is 23.8. The van der Waals surface area contributed by atoms with E-state index in [-0.39, 0.29) is 12.1 Å². The molecule has 0 radical (unpaired) electrons. The van der Waals surface area contributed by atoms with E-state index < -0.39 is 18.8 Å². The van der Waals surface area contributed by atoms with E-state index in [0.29, 0.717) is 37.3 Å². The van der Waals surface area contributed by atoms with Crippen LogP contribution in [0.25, 0.3) is 11.0 Å². The Morgan fingerprint density at radius 3 is 2.55 bits per heavy atom. The summed E-state index contributed by atoms with van der Waals surface area (Å²) in [6.45, 7) is 1.49. The van der Waals surface area contributed by atoms with Crippen molar-refractivity contribution in [1.82, 2.24) is 24.6 Å². The molecule has 0 amide bonds. The van der Waals surface area contributed by atoms with Gasteiger partial charge in [0, 0.05) is 50.6 Å². The molecule has 0 spiro atoms. The van der Waals surface area contributed by atoms with Crippen LogP contribution in [-0.2, 0) is 14.1 Å². The third kappa shape index (κ3) is 5.41. The van der Waals surface area contributed by atoms with Crippen LogP contribution < -0.4 is 15.4 Å². The molecule has 1 aromatic carbocycles. The molecular weight excluding hydrogens is 437 g/mol. The number of aliphatic hydroxyl groups excluding tert-OH is 1. The van der Waals surface area contributed by atoms with Crippen molar-refractivity contribution in [2.24, 2.45) is 14.1 Å². The minimum Gasteiger partial charge on any atom is -0.490 e. The molecule has 0 saturated heterocycles. The number of aromatic nitrogens is 4. The first kappa shape index (κ1) is 23.4. The second kappa shape index (κ2) is 9.22. The van der Waals surface area contributed by atoms with Gasteiger partial charge in [0.2, 0.25) is 0 Å². The highest BCUT2D eigenvalue weighted by Crippen LogP contribution is 2.33. The second-order valence-corrected chi connectivity index (χ2v) is 8.67. The lowest BCUT2D eigenvalue weighted by atomic mass is 9.93. The molecule has 3 N–H and O–H groups in total. The van der Waals surface area contributed by atoms with Gasteiger partial charge in [-0.25, -0.2) is 4.98 Å². The van der Waals surface area contributed by atoms with Crippen LogP contribution in [0.1, 0.15) is 31.4 Å². The van der Waals surface area contributed by atoms with Crippen LogP contribution in [0.4, 0.5) is 24.7 Å². The zero-order valence-corrected chi connectivity index (χ0v) is 18.9. The standard InChI is InChI=1S/C22H29F3N6O2/c1-13-8-20(29-31(13)3)28-17-9-16(10-18-21(17)27-12-30(18)2)33-15-6-4-14(5-7-15)26-11-19(32)22(23,24)25/h8-10,12,14-15,19,26,32H,4-7,11H2,1-3H3,(H,28,29)/t14?,15?,19-/m0/s1. The number of hydrogen-bond donors (Lipinski definition) is 3. The SMILES string of the molecule is Cc1cc(Nc2cc(OC3CCC(NC[C@H](O)C(F)(F)F)CC3)cc3c2ncn3C)nn1C. The first-order valence-corrected chi connectivity index (χ1v) is 11.0. The number of nitrogens with one attached hydrogen (secondary N) is 2. The summed E-state index contributed by atoms with van der Waals surface area (Å²) in [7, 11) is 3.80. The topological polar surface area (TPSA) is 89.2 Å².